The molecule has 2 aromatic rings. The fourth-order valence-corrected chi connectivity index (χ4v) is 4.85. The molecule has 1 heteroatoms. The number of thioether (sulfide) groups is 1. The standard InChI is InChI=1S/C21H20S/c1-3-9-16(10-4-1)19-15-21(17-11-5-2-6-12-17)22-20-14-8-7-13-18(19)20/h1-6,9-12,15,21H,7-8,13-14H2. The molecule has 1 unspecified atom stereocenters. The van der Waals surface area contributed by atoms with E-state index in [-0.39, 0.29) is 0 Å². The maximum absolute atomic E-state index is 2.49. The van der Waals surface area contributed by atoms with E-state index in [1.807, 2.05) is 0 Å². The lowest BCUT2D eigenvalue weighted by atomic mass is 9.87. The minimum atomic E-state index is 0.452. The van der Waals surface area contributed by atoms with E-state index in [0.29, 0.717) is 5.25 Å². The number of rotatable bonds is 2. The fraction of sp³-hybridized carbons (Fsp3) is 0.238. The first-order valence-corrected chi connectivity index (χ1v) is 9.01. The van der Waals surface area contributed by atoms with Crippen molar-refractivity contribution in [2.24, 2.45) is 0 Å². The molecule has 1 heterocycles. The Balaban J connectivity index is 1.79. The summed E-state index contributed by atoms with van der Waals surface area (Å²) in [4.78, 5) is 1.63. The Morgan fingerprint density at radius 2 is 1.45 bits per heavy atom. The Bertz CT molecular complexity index is 710. The average molecular weight is 304 g/mol. The third kappa shape index (κ3) is 2.66. The first-order chi connectivity index (χ1) is 10.9. The van der Waals surface area contributed by atoms with Crippen LogP contribution in [0.15, 0.2) is 77.2 Å². The molecule has 0 radical (unpaired) electrons. The Morgan fingerprint density at radius 3 is 2.23 bits per heavy atom. The second-order valence-corrected chi connectivity index (χ2v) is 7.24. The summed E-state index contributed by atoms with van der Waals surface area (Å²) >= 11 is 2.07. The first-order valence-electron chi connectivity index (χ1n) is 8.13. The van der Waals surface area contributed by atoms with Crippen LogP contribution in [-0.4, -0.2) is 0 Å². The van der Waals surface area contributed by atoms with Crippen molar-refractivity contribution in [3.8, 4) is 0 Å². The lowest BCUT2D eigenvalue weighted by Gasteiger charge is -2.30. The zero-order valence-electron chi connectivity index (χ0n) is 12.7. The van der Waals surface area contributed by atoms with Crippen LogP contribution in [0.4, 0.5) is 0 Å². The summed E-state index contributed by atoms with van der Waals surface area (Å²) in [5.41, 5.74) is 5.87. The van der Waals surface area contributed by atoms with Gasteiger partial charge in [0.05, 0.1) is 5.25 Å². The van der Waals surface area contributed by atoms with E-state index in [0.717, 1.165) is 0 Å². The fourth-order valence-electron chi connectivity index (χ4n) is 3.43. The molecule has 0 amide bonds. The van der Waals surface area contributed by atoms with E-state index in [4.69, 9.17) is 0 Å². The number of benzene rings is 2. The molecule has 0 aromatic heterocycles. The van der Waals surface area contributed by atoms with Crippen molar-refractivity contribution in [3.05, 3.63) is 88.3 Å². The van der Waals surface area contributed by atoms with Gasteiger partial charge in [0.1, 0.15) is 0 Å². The van der Waals surface area contributed by atoms with Crippen molar-refractivity contribution in [3.63, 3.8) is 0 Å². The average Bonchev–Trinajstić information content (AvgIpc) is 2.62. The second kappa shape index (κ2) is 6.18. The molecule has 1 atom stereocenters. The Kier molecular flexibility index (Phi) is 3.90. The van der Waals surface area contributed by atoms with Gasteiger partial charge in [-0.05, 0) is 52.9 Å². The van der Waals surface area contributed by atoms with Crippen molar-refractivity contribution >= 4 is 17.3 Å². The summed E-state index contributed by atoms with van der Waals surface area (Å²) < 4.78 is 0. The summed E-state index contributed by atoms with van der Waals surface area (Å²) in [5, 5.41) is 0.452. The topological polar surface area (TPSA) is 0 Å². The van der Waals surface area contributed by atoms with Crippen LogP contribution in [-0.2, 0) is 0 Å². The van der Waals surface area contributed by atoms with Crippen LogP contribution in [0.3, 0.4) is 0 Å². The molecule has 110 valence electrons. The molecule has 4 rings (SSSR count). The largest absolute Gasteiger partial charge is 0.118 e. The van der Waals surface area contributed by atoms with E-state index < -0.39 is 0 Å². The minimum absolute atomic E-state index is 0.452. The molecule has 2 aliphatic rings. The molecular weight excluding hydrogens is 284 g/mol. The highest BCUT2D eigenvalue weighted by molar-refractivity contribution is 8.03. The van der Waals surface area contributed by atoms with E-state index in [2.05, 4.69) is 78.5 Å². The zero-order chi connectivity index (χ0) is 14.8. The van der Waals surface area contributed by atoms with Crippen LogP contribution in [0.25, 0.3) is 5.57 Å². The third-order valence-corrected chi connectivity index (χ3v) is 5.94. The van der Waals surface area contributed by atoms with E-state index >= 15 is 0 Å². The molecule has 22 heavy (non-hydrogen) atoms. The maximum Gasteiger partial charge on any atom is 0.0530 e. The molecule has 0 bridgehead atoms. The highest BCUT2D eigenvalue weighted by Crippen LogP contribution is 2.50. The van der Waals surface area contributed by atoms with Gasteiger partial charge in [-0.3, -0.25) is 0 Å². The molecule has 0 spiro atoms. The molecule has 0 fully saturated rings. The van der Waals surface area contributed by atoms with Gasteiger partial charge in [-0.2, -0.15) is 0 Å². The SMILES string of the molecule is C1=C(c2ccccc2)C2=C(CCCC2)SC1c1ccccc1. The van der Waals surface area contributed by atoms with E-state index in [1.54, 1.807) is 10.5 Å². The minimum Gasteiger partial charge on any atom is -0.118 e. The molecule has 1 aliphatic carbocycles. The molecule has 0 saturated heterocycles. The van der Waals surface area contributed by atoms with Gasteiger partial charge in [0.15, 0.2) is 0 Å². The predicted octanol–water partition coefficient (Wildman–Crippen LogP) is 6.39. The van der Waals surface area contributed by atoms with Gasteiger partial charge in [-0.1, -0.05) is 66.7 Å². The van der Waals surface area contributed by atoms with Gasteiger partial charge >= 0.3 is 0 Å². The Hall–Kier alpha value is -1.73. The summed E-state index contributed by atoms with van der Waals surface area (Å²) in [7, 11) is 0. The van der Waals surface area contributed by atoms with E-state index in [1.165, 1.54) is 42.4 Å². The zero-order valence-corrected chi connectivity index (χ0v) is 13.5. The Morgan fingerprint density at radius 1 is 0.773 bits per heavy atom. The summed E-state index contributed by atoms with van der Waals surface area (Å²) in [6.07, 6.45) is 7.66. The molecular formula is C21H20S. The monoisotopic (exact) mass is 304 g/mol. The van der Waals surface area contributed by atoms with Crippen LogP contribution in [0.2, 0.25) is 0 Å². The molecule has 1 aliphatic heterocycles. The van der Waals surface area contributed by atoms with E-state index in [9.17, 15) is 0 Å². The van der Waals surface area contributed by atoms with Crippen molar-refractivity contribution < 1.29 is 0 Å². The maximum atomic E-state index is 2.49. The van der Waals surface area contributed by atoms with Crippen LogP contribution in [0, 0.1) is 0 Å². The van der Waals surface area contributed by atoms with Crippen molar-refractivity contribution in [1.29, 1.82) is 0 Å². The summed E-state index contributed by atoms with van der Waals surface area (Å²) in [5.74, 6) is 0. The highest BCUT2D eigenvalue weighted by atomic mass is 32.2. The van der Waals surface area contributed by atoms with Crippen molar-refractivity contribution in [2.75, 3.05) is 0 Å². The Labute approximate surface area is 137 Å². The highest BCUT2D eigenvalue weighted by Gasteiger charge is 2.26. The van der Waals surface area contributed by atoms with Crippen molar-refractivity contribution in [1.82, 2.24) is 0 Å². The van der Waals surface area contributed by atoms with Gasteiger partial charge in [-0.25, -0.2) is 0 Å². The molecule has 2 aromatic carbocycles. The van der Waals surface area contributed by atoms with Gasteiger partial charge in [-0.15, -0.1) is 11.8 Å². The lowest BCUT2D eigenvalue weighted by Crippen LogP contribution is -2.07. The van der Waals surface area contributed by atoms with Crippen LogP contribution >= 0.6 is 11.8 Å². The smallest absolute Gasteiger partial charge is 0.0530 e. The first kappa shape index (κ1) is 13.9. The molecule has 0 N–H and O–H groups in total. The van der Waals surface area contributed by atoms with Crippen LogP contribution in [0.1, 0.15) is 42.1 Å². The van der Waals surface area contributed by atoms with Gasteiger partial charge in [0.2, 0.25) is 0 Å². The predicted molar refractivity (Wildman–Crippen MR) is 96.7 cm³/mol. The normalized spacial score (nSPS) is 21.3. The van der Waals surface area contributed by atoms with Gasteiger partial charge < -0.3 is 0 Å². The summed E-state index contributed by atoms with van der Waals surface area (Å²) in [6.45, 7) is 0. The third-order valence-electron chi connectivity index (χ3n) is 4.54. The second-order valence-electron chi connectivity index (χ2n) is 6.00. The van der Waals surface area contributed by atoms with Crippen LogP contribution < -0.4 is 0 Å². The summed E-state index contributed by atoms with van der Waals surface area (Å²) in [6, 6.07) is 21.8. The quantitative estimate of drug-likeness (QED) is 0.619. The van der Waals surface area contributed by atoms with Crippen molar-refractivity contribution in [2.45, 2.75) is 30.9 Å². The van der Waals surface area contributed by atoms with Gasteiger partial charge in [0, 0.05) is 0 Å². The van der Waals surface area contributed by atoms with Crippen LogP contribution in [0.5, 0.6) is 0 Å². The number of hydrogen-bond donors (Lipinski definition) is 0. The van der Waals surface area contributed by atoms with Gasteiger partial charge in [0.25, 0.3) is 0 Å². The number of allylic oxidation sites excluding steroid dienone is 3. The molecule has 0 saturated carbocycles. The number of hydrogen-bond acceptors (Lipinski definition) is 1. The lowest BCUT2D eigenvalue weighted by molar-refractivity contribution is 0.705. The molecule has 0 nitrogen and oxygen atoms in total.